The molecule has 2 aromatic rings. The molecule has 1 atom stereocenters. The van der Waals surface area contributed by atoms with Gasteiger partial charge in [-0.3, -0.25) is 0 Å². The van der Waals surface area contributed by atoms with Crippen LogP contribution in [0.1, 0.15) is 37.8 Å². The molecule has 3 rings (SSSR count). The second kappa shape index (κ2) is 6.53. The van der Waals surface area contributed by atoms with E-state index in [1.807, 2.05) is 0 Å². The molecular weight excluding hydrogens is 270 g/mol. The van der Waals surface area contributed by atoms with E-state index in [1.165, 1.54) is 17.5 Å². The lowest BCUT2D eigenvalue weighted by Gasteiger charge is -2.27. The Morgan fingerprint density at radius 1 is 0.955 bits per heavy atom. The minimum absolute atomic E-state index is 0.00613. The molecule has 0 aromatic heterocycles. The maximum absolute atomic E-state index is 6.07. The lowest BCUT2D eigenvalue weighted by atomic mass is 9.78. The monoisotopic (exact) mass is 295 g/mol. The van der Waals surface area contributed by atoms with Gasteiger partial charge in [-0.1, -0.05) is 56.3 Å². The molecule has 1 aliphatic rings. The minimum Gasteiger partial charge on any atom is -0.489 e. The largest absolute Gasteiger partial charge is 0.489 e. The van der Waals surface area contributed by atoms with Crippen molar-refractivity contribution in [1.82, 2.24) is 5.32 Å². The van der Waals surface area contributed by atoms with Gasteiger partial charge in [-0.2, -0.15) is 0 Å². The van der Waals surface area contributed by atoms with E-state index in [1.54, 1.807) is 0 Å². The summed E-state index contributed by atoms with van der Waals surface area (Å²) in [6, 6.07) is 19.3. The van der Waals surface area contributed by atoms with Crippen molar-refractivity contribution in [1.29, 1.82) is 0 Å². The van der Waals surface area contributed by atoms with Crippen molar-refractivity contribution in [3.05, 3.63) is 65.7 Å². The summed E-state index contributed by atoms with van der Waals surface area (Å²) in [5.41, 5.74) is 2.65. The van der Waals surface area contributed by atoms with Crippen molar-refractivity contribution in [3.8, 4) is 5.75 Å². The third-order valence-electron chi connectivity index (χ3n) is 4.63. The van der Waals surface area contributed by atoms with Gasteiger partial charge in [0.25, 0.3) is 0 Å². The maximum Gasteiger partial charge on any atom is 0.119 e. The number of hydrogen-bond acceptors (Lipinski definition) is 2. The molecule has 22 heavy (non-hydrogen) atoms. The molecule has 0 bridgehead atoms. The SMILES string of the molecule is CC(C)(c1ccccc1)c1ccc(OC2CCCNC2)cc1. The van der Waals surface area contributed by atoms with Crippen LogP contribution in [-0.2, 0) is 5.41 Å². The number of rotatable bonds is 4. The number of piperidine rings is 1. The van der Waals surface area contributed by atoms with Crippen molar-refractivity contribution < 1.29 is 4.74 Å². The highest BCUT2D eigenvalue weighted by Gasteiger charge is 2.23. The first kappa shape index (κ1) is 15.1. The molecule has 1 fully saturated rings. The van der Waals surface area contributed by atoms with Crippen LogP contribution in [0.15, 0.2) is 54.6 Å². The number of hydrogen-bond donors (Lipinski definition) is 1. The summed E-state index contributed by atoms with van der Waals surface area (Å²) < 4.78 is 6.07. The van der Waals surface area contributed by atoms with Crippen LogP contribution in [0.4, 0.5) is 0 Å². The molecule has 2 aromatic carbocycles. The summed E-state index contributed by atoms with van der Waals surface area (Å²) in [5.74, 6) is 0.973. The normalized spacial score (nSPS) is 18.9. The van der Waals surface area contributed by atoms with Crippen molar-refractivity contribution >= 4 is 0 Å². The van der Waals surface area contributed by atoms with E-state index in [-0.39, 0.29) is 5.41 Å². The zero-order valence-corrected chi connectivity index (χ0v) is 13.5. The van der Waals surface area contributed by atoms with E-state index in [9.17, 15) is 0 Å². The van der Waals surface area contributed by atoms with E-state index in [0.717, 1.165) is 25.3 Å². The van der Waals surface area contributed by atoms with Gasteiger partial charge in [0.05, 0.1) is 0 Å². The molecule has 1 unspecified atom stereocenters. The van der Waals surface area contributed by atoms with Crippen LogP contribution >= 0.6 is 0 Å². The maximum atomic E-state index is 6.07. The van der Waals surface area contributed by atoms with Gasteiger partial charge in [-0.25, -0.2) is 0 Å². The second-order valence-electron chi connectivity index (χ2n) is 6.60. The molecule has 1 aliphatic heterocycles. The highest BCUT2D eigenvalue weighted by Crippen LogP contribution is 2.32. The van der Waals surface area contributed by atoms with Crippen molar-refractivity contribution in [2.24, 2.45) is 0 Å². The summed E-state index contributed by atoms with van der Waals surface area (Å²) >= 11 is 0. The average Bonchev–Trinajstić information content (AvgIpc) is 2.57. The van der Waals surface area contributed by atoms with Crippen LogP contribution in [0.25, 0.3) is 0 Å². The van der Waals surface area contributed by atoms with Crippen LogP contribution in [0.2, 0.25) is 0 Å². The third kappa shape index (κ3) is 3.33. The Labute approximate surface area is 133 Å². The lowest BCUT2D eigenvalue weighted by molar-refractivity contribution is 0.167. The number of nitrogens with one attached hydrogen (secondary N) is 1. The van der Waals surface area contributed by atoms with Crippen LogP contribution in [0.5, 0.6) is 5.75 Å². The van der Waals surface area contributed by atoms with E-state index in [0.29, 0.717) is 6.10 Å². The van der Waals surface area contributed by atoms with Gasteiger partial charge in [-0.15, -0.1) is 0 Å². The van der Waals surface area contributed by atoms with Gasteiger partial charge in [-0.05, 0) is 42.6 Å². The summed E-state index contributed by atoms with van der Waals surface area (Å²) in [4.78, 5) is 0. The first-order valence-electron chi connectivity index (χ1n) is 8.20. The first-order valence-corrected chi connectivity index (χ1v) is 8.20. The Bertz CT molecular complexity index is 583. The highest BCUT2D eigenvalue weighted by molar-refractivity contribution is 5.39. The summed E-state index contributed by atoms with van der Waals surface area (Å²) in [5, 5.41) is 3.39. The van der Waals surface area contributed by atoms with E-state index < -0.39 is 0 Å². The zero-order valence-electron chi connectivity index (χ0n) is 13.5. The minimum atomic E-state index is 0.00613. The Morgan fingerprint density at radius 2 is 1.64 bits per heavy atom. The number of ether oxygens (including phenoxy) is 1. The van der Waals surface area contributed by atoms with E-state index in [2.05, 4.69) is 73.8 Å². The molecule has 0 spiro atoms. The summed E-state index contributed by atoms with van der Waals surface area (Å²) in [6.07, 6.45) is 2.65. The van der Waals surface area contributed by atoms with Crippen LogP contribution in [0, 0.1) is 0 Å². The molecule has 0 saturated carbocycles. The fraction of sp³-hybridized carbons (Fsp3) is 0.400. The standard InChI is InChI=1S/C20H25NO/c1-20(2,16-7-4-3-5-8-16)17-10-12-18(13-11-17)22-19-9-6-14-21-15-19/h3-5,7-8,10-13,19,21H,6,9,14-15H2,1-2H3. The van der Waals surface area contributed by atoms with Crippen molar-refractivity contribution in [2.75, 3.05) is 13.1 Å². The highest BCUT2D eigenvalue weighted by atomic mass is 16.5. The van der Waals surface area contributed by atoms with E-state index >= 15 is 0 Å². The molecule has 0 aliphatic carbocycles. The fourth-order valence-corrected chi connectivity index (χ4v) is 3.08. The quantitative estimate of drug-likeness (QED) is 0.915. The Hall–Kier alpha value is -1.80. The van der Waals surface area contributed by atoms with Gasteiger partial charge < -0.3 is 10.1 Å². The van der Waals surface area contributed by atoms with Crippen molar-refractivity contribution in [2.45, 2.75) is 38.2 Å². The molecule has 2 nitrogen and oxygen atoms in total. The van der Waals surface area contributed by atoms with Gasteiger partial charge in [0.1, 0.15) is 11.9 Å². The topological polar surface area (TPSA) is 21.3 Å². The predicted molar refractivity (Wildman–Crippen MR) is 91.5 cm³/mol. The average molecular weight is 295 g/mol. The lowest BCUT2D eigenvalue weighted by Crippen LogP contribution is -2.37. The van der Waals surface area contributed by atoms with Gasteiger partial charge >= 0.3 is 0 Å². The molecule has 116 valence electrons. The second-order valence-corrected chi connectivity index (χ2v) is 6.60. The van der Waals surface area contributed by atoms with Gasteiger partial charge in [0.2, 0.25) is 0 Å². The molecule has 1 saturated heterocycles. The van der Waals surface area contributed by atoms with E-state index in [4.69, 9.17) is 4.74 Å². The Balaban J connectivity index is 1.73. The molecule has 2 heteroatoms. The van der Waals surface area contributed by atoms with Crippen LogP contribution in [0.3, 0.4) is 0 Å². The fourth-order valence-electron chi connectivity index (χ4n) is 3.08. The van der Waals surface area contributed by atoms with Crippen molar-refractivity contribution in [3.63, 3.8) is 0 Å². The van der Waals surface area contributed by atoms with Gasteiger partial charge in [0, 0.05) is 12.0 Å². The third-order valence-corrected chi connectivity index (χ3v) is 4.63. The predicted octanol–water partition coefficient (Wildman–Crippen LogP) is 4.14. The Morgan fingerprint density at radius 3 is 2.27 bits per heavy atom. The summed E-state index contributed by atoms with van der Waals surface area (Å²) in [6.45, 7) is 6.60. The molecular formula is C20H25NO. The van der Waals surface area contributed by atoms with Crippen LogP contribution < -0.4 is 10.1 Å². The number of benzene rings is 2. The summed E-state index contributed by atoms with van der Waals surface area (Å²) in [7, 11) is 0. The molecule has 1 N–H and O–H groups in total. The molecule has 1 heterocycles. The smallest absolute Gasteiger partial charge is 0.119 e. The zero-order chi connectivity index (χ0) is 15.4. The first-order chi connectivity index (χ1) is 10.7. The molecule has 0 radical (unpaired) electrons. The Kier molecular flexibility index (Phi) is 4.49. The van der Waals surface area contributed by atoms with Gasteiger partial charge in [0.15, 0.2) is 0 Å². The van der Waals surface area contributed by atoms with Crippen LogP contribution in [-0.4, -0.2) is 19.2 Å². The molecule has 0 amide bonds.